The lowest BCUT2D eigenvalue weighted by Crippen LogP contribution is -1.98. The number of nitrogens with zero attached hydrogens (tertiary/aromatic N) is 2. The lowest BCUT2D eigenvalue weighted by atomic mass is 10.0. The van der Waals surface area contributed by atoms with Crippen molar-refractivity contribution in [3.63, 3.8) is 0 Å². The first-order valence-corrected chi connectivity index (χ1v) is 8.91. The third-order valence-electron chi connectivity index (χ3n) is 4.73. The maximum absolute atomic E-state index is 13.7. The quantitative estimate of drug-likeness (QED) is 0.551. The fourth-order valence-electron chi connectivity index (χ4n) is 3.29. The Morgan fingerprint density at radius 1 is 1.00 bits per heavy atom. The van der Waals surface area contributed by atoms with Crippen LogP contribution in [0.3, 0.4) is 0 Å². The van der Waals surface area contributed by atoms with Crippen LogP contribution in [0.1, 0.15) is 22.4 Å². The molecule has 0 amide bonds. The van der Waals surface area contributed by atoms with Crippen LogP contribution in [0.4, 0.5) is 4.39 Å². The summed E-state index contributed by atoms with van der Waals surface area (Å²) in [4.78, 5) is 12.1. The van der Waals surface area contributed by atoms with E-state index in [0.717, 1.165) is 45.6 Å². The Balaban J connectivity index is 1.48. The van der Waals surface area contributed by atoms with Crippen molar-refractivity contribution in [1.82, 2.24) is 15.0 Å². The maximum Gasteiger partial charge on any atom is 0.141 e. The molecule has 0 aliphatic heterocycles. The van der Waals surface area contributed by atoms with Crippen LogP contribution >= 0.6 is 0 Å². The second kappa shape index (κ2) is 7.58. The molecule has 4 aromatic rings. The number of ether oxygens (including phenoxy) is 1. The van der Waals surface area contributed by atoms with Gasteiger partial charge in [-0.05, 0) is 47.7 Å². The number of aryl methyl sites for hydroxylation is 2. The van der Waals surface area contributed by atoms with Gasteiger partial charge in [0.15, 0.2) is 0 Å². The van der Waals surface area contributed by atoms with Gasteiger partial charge in [0, 0.05) is 30.7 Å². The summed E-state index contributed by atoms with van der Waals surface area (Å²) < 4.78 is 19.2. The van der Waals surface area contributed by atoms with Gasteiger partial charge in [-0.15, -0.1) is 0 Å². The number of aromatic nitrogens is 3. The van der Waals surface area contributed by atoms with Crippen molar-refractivity contribution in [3.05, 3.63) is 89.3 Å². The van der Waals surface area contributed by atoms with Gasteiger partial charge in [0.1, 0.15) is 17.2 Å². The van der Waals surface area contributed by atoms with Crippen molar-refractivity contribution in [2.24, 2.45) is 0 Å². The monoisotopic (exact) mass is 361 g/mol. The van der Waals surface area contributed by atoms with E-state index < -0.39 is 0 Å². The predicted octanol–water partition coefficient (Wildman–Crippen LogP) is 4.48. The molecule has 3 aromatic heterocycles. The first-order valence-electron chi connectivity index (χ1n) is 8.91. The van der Waals surface area contributed by atoms with E-state index >= 15 is 0 Å². The van der Waals surface area contributed by atoms with Crippen LogP contribution in [-0.2, 0) is 19.3 Å². The summed E-state index contributed by atoms with van der Waals surface area (Å²) in [6, 6.07) is 12.8. The Morgan fingerprint density at radius 2 is 1.89 bits per heavy atom. The molecule has 3 heterocycles. The number of hydrogen-bond donors (Lipinski definition) is 1. The number of hydrogen-bond acceptors (Lipinski definition) is 3. The highest BCUT2D eigenvalue weighted by atomic mass is 19.1. The lowest BCUT2D eigenvalue weighted by molar-refractivity contribution is 0.419. The number of methoxy groups -OCH3 is 1. The van der Waals surface area contributed by atoms with Crippen LogP contribution < -0.4 is 4.74 Å². The SMILES string of the molecule is COc1ccnc2[nH]cc(Cc3ccc(CCc4ccccc4F)nc3)c12. The second-order valence-electron chi connectivity index (χ2n) is 6.48. The van der Waals surface area contributed by atoms with Crippen LogP contribution in [0.25, 0.3) is 11.0 Å². The number of aromatic amines is 1. The molecule has 0 aliphatic rings. The summed E-state index contributed by atoms with van der Waals surface area (Å²) in [7, 11) is 1.66. The molecule has 1 aromatic carbocycles. The van der Waals surface area contributed by atoms with E-state index in [1.165, 1.54) is 6.07 Å². The molecular formula is C22H20FN3O. The first-order chi connectivity index (χ1) is 13.2. The summed E-state index contributed by atoms with van der Waals surface area (Å²) in [5.74, 6) is 0.654. The van der Waals surface area contributed by atoms with Crippen LogP contribution in [0, 0.1) is 5.82 Å². The highest BCUT2D eigenvalue weighted by molar-refractivity contribution is 5.86. The van der Waals surface area contributed by atoms with Gasteiger partial charge >= 0.3 is 0 Å². The van der Waals surface area contributed by atoms with Crippen molar-refractivity contribution < 1.29 is 9.13 Å². The minimum Gasteiger partial charge on any atom is -0.496 e. The minimum absolute atomic E-state index is 0.156. The molecule has 0 aliphatic carbocycles. The molecule has 0 bridgehead atoms. The van der Waals surface area contributed by atoms with Gasteiger partial charge in [-0.25, -0.2) is 9.37 Å². The van der Waals surface area contributed by atoms with Gasteiger partial charge in [-0.1, -0.05) is 24.3 Å². The summed E-state index contributed by atoms with van der Waals surface area (Å²) in [5.41, 5.74) is 4.73. The smallest absolute Gasteiger partial charge is 0.141 e. The van der Waals surface area contributed by atoms with Gasteiger partial charge in [0.05, 0.1) is 12.5 Å². The maximum atomic E-state index is 13.7. The number of benzene rings is 1. The Hall–Kier alpha value is -3.21. The zero-order chi connectivity index (χ0) is 18.6. The summed E-state index contributed by atoms with van der Waals surface area (Å²) in [6.45, 7) is 0. The summed E-state index contributed by atoms with van der Waals surface area (Å²) >= 11 is 0. The van der Waals surface area contributed by atoms with E-state index in [-0.39, 0.29) is 5.82 Å². The van der Waals surface area contributed by atoms with Crippen molar-refractivity contribution in [2.45, 2.75) is 19.3 Å². The Bertz CT molecular complexity index is 1060. The van der Waals surface area contributed by atoms with Crippen LogP contribution in [0.2, 0.25) is 0 Å². The fourth-order valence-corrected chi connectivity index (χ4v) is 3.29. The predicted molar refractivity (Wildman–Crippen MR) is 103 cm³/mol. The number of pyridine rings is 2. The third kappa shape index (κ3) is 3.67. The molecule has 5 heteroatoms. The van der Waals surface area contributed by atoms with E-state index in [0.29, 0.717) is 12.8 Å². The molecule has 1 N–H and O–H groups in total. The molecule has 0 radical (unpaired) electrons. The highest BCUT2D eigenvalue weighted by Gasteiger charge is 2.11. The molecule has 0 saturated carbocycles. The average molecular weight is 361 g/mol. The van der Waals surface area contributed by atoms with Crippen LogP contribution in [0.5, 0.6) is 5.75 Å². The van der Waals surface area contributed by atoms with Crippen molar-refractivity contribution >= 4 is 11.0 Å². The number of rotatable bonds is 6. The Kier molecular flexibility index (Phi) is 4.83. The Labute approximate surface area is 157 Å². The molecule has 136 valence electrons. The van der Waals surface area contributed by atoms with E-state index in [1.54, 1.807) is 19.4 Å². The van der Waals surface area contributed by atoms with E-state index in [9.17, 15) is 4.39 Å². The normalized spacial score (nSPS) is 11.0. The van der Waals surface area contributed by atoms with Gasteiger partial charge in [-0.2, -0.15) is 0 Å². The van der Waals surface area contributed by atoms with Crippen LogP contribution in [-0.4, -0.2) is 22.1 Å². The third-order valence-corrected chi connectivity index (χ3v) is 4.73. The summed E-state index contributed by atoms with van der Waals surface area (Å²) in [6.07, 6.45) is 7.68. The number of fused-ring (bicyclic) bond motifs is 1. The van der Waals surface area contributed by atoms with Gasteiger partial charge in [0.25, 0.3) is 0 Å². The fraction of sp³-hybridized carbons (Fsp3) is 0.182. The summed E-state index contributed by atoms with van der Waals surface area (Å²) in [5, 5.41) is 1.00. The molecule has 4 rings (SSSR count). The first kappa shape index (κ1) is 17.2. The van der Waals surface area contributed by atoms with E-state index in [1.807, 2.05) is 36.7 Å². The highest BCUT2D eigenvalue weighted by Crippen LogP contribution is 2.28. The molecule has 0 fully saturated rings. The van der Waals surface area contributed by atoms with Gasteiger partial charge in [-0.3, -0.25) is 4.98 Å². The van der Waals surface area contributed by atoms with E-state index in [2.05, 4.69) is 21.0 Å². The zero-order valence-corrected chi connectivity index (χ0v) is 15.1. The standard InChI is InChI=1S/C22H20FN3O/c1-27-20-10-11-24-22-21(20)17(14-26-22)12-15-6-8-18(25-13-15)9-7-16-4-2-3-5-19(16)23/h2-6,8,10-11,13-14H,7,9,12H2,1H3,(H,24,26). The largest absolute Gasteiger partial charge is 0.496 e. The molecular weight excluding hydrogens is 341 g/mol. The second-order valence-corrected chi connectivity index (χ2v) is 6.48. The topological polar surface area (TPSA) is 50.8 Å². The van der Waals surface area contributed by atoms with Gasteiger partial charge in [0.2, 0.25) is 0 Å². The molecule has 27 heavy (non-hydrogen) atoms. The minimum atomic E-state index is -0.156. The molecule has 0 spiro atoms. The van der Waals surface area contributed by atoms with Crippen molar-refractivity contribution in [3.8, 4) is 5.75 Å². The number of H-pyrrole nitrogens is 1. The molecule has 4 nitrogen and oxygen atoms in total. The Morgan fingerprint density at radius 3 is 2.67 bits per heavy atom. The molecule has 0 unspecified atom stereocenters. The van der Waals surface area contributed by atoms with Crippen molar-refractivity contribution in [1.29, 1.82) is 0 Å². The van der Waals surface area contributed by atoms with Crippen LogP contribution in [0.15, 0.2) is 61.1 Å². The average Bonchev–Trinajstić information content (AvgIpc) is 3.11. The number of halogens is 1. The molecule has 0 saturated heterocycles. The zero-order valence-electron chi connectivity index (χ0n) is 15.1. The van der Waals surface area contributed by atoms with Crippen molar-refractivity contribution in [2.75, 3.05) is 7.11 Å². The lowest BCUT2D eigenvalue weighted by Gasteiger charge is -2.06. The van der Waals surface area contributed by atoms with E-state index in [4.69, 9.17) is 4.74 Å². The van der Waals surface area contributed by atoms with Gasteiger partial charge < -0.3 is 9.72 Å². The number of nitrogens with one attached hydrogen (secondary N) is 1. The molecule has 0 atom stereocenters.